The summed E-state index contributed by atoms with van der Waals surface area (Å²) in [7, 11) is 1.67. The van der Waals surface area contributed by atoms with E-state index in [1.165, 1.54) is 0 Å². The molecule has 2 aromatic heterocycles. The highest BCUT2D eigenvalue weighted by molar-refractivity contribution is 5.78. The molecule has 0 aliphatic carbocycles. The summed E-state index contributed by atoms with van der Waals surface area (Å²) in [6.07, 6.45) is 2.77. The van der Waals surface area contributed by atoms with Crippen molar-refractivity contribution in [1.29, 1.82) is 0 Å². The molecule has 23 heavy (non-hydrogen) atoms. The molecule has 3 rings (SSSR count). The monoisotopic (exact) mass is 310 g/mol. The fraction of sp³-hybridized carbons (Fsp3) is 0.333. The number of aromatic nitrogens is 3. The Kier molecular flexibility index (Phi) is 4.30. The van der Waals surface area contributed by atoms with E-state index >= 15 is 0 Å². The molecular formula is C18H22N4O. The molecule has 0 radical (unpaired) electrons. The van der Waals surface area contributed by atoms with Crippen LogP contribution >= 0.6 is 0 Å². The van der Waals surface area contributed by atoms with Gasteiger partial charge in [0.25, 0.3) is 0 Å². The van der Waals surface area contributed by atoms with E-state index in [4.69, 9.17) is 15.5 Å². The standard InChI is InChI=1S/C18H22N4O/c1-4-14(19)11-22-17(13-6-5-7-15(9-13)23-3)21-16-8-12(2)10-20-18(16)22/h5-10,14H,4,11,19H2,1-3H3. The number of rotatable bonds is 5. The van der Waals surface area contributed by atoms with Crippen LogP contribution in [0.15, 0.2) is 36.5 Å². The summed E-state index contributed by atoms with van der Waals surface area (Å²) in [5.41, 5.74) is 10.1. The largest absolute Gasteiger partial charge is 0.497 e. The second-order valence-corrected chi connectivity index (χ2v) is 5.80. The quantitative estimate of drug-likeness (QED) is 0.786. The smallest absolute Gasteiger partial charge is 0.160 e. The van der Waals surface area contributed by atoms with Crippen molar-refractivity contribution in [2.75, 3.05) is 7.11 Å². The van der Waals surface area contributed by atoms with E-state index in [1.807, 2.05) is 37.4 Å². The molecule has 0 aliphatic rings. The van der Waals surface area contributed by atoms with Gasteiger partial charge in [0.2, 0.25) is 0 Å². The topological polar surface area (TPSA) is 66.0 Å². The second kappa shape index (κ2) is 6.38. The summed E-state index contributed by atoms with van der Waals surface area (Å²) in [6, 6.07) is 10.0. The van der Waals surface area contributed by atoms with Crippen LogP contribution < -0.4 is 10.5 Å². The fourth-order valence-corrected chi connectivity index (χ4v) is 2.63. The number of aryl methyl sites for hydroxylation is 1. The minimum Gasteiger partial charge on any atom is -0.497 e. The molecule has 120 valence electrons. The van der Waals surface area contributed by atoms with Gasteiger partial charge in [-0.15, -0.1) is 0 Å². The van der Waals surface area contributed by atoms with Crippen molar-refractivity contribution in [3.05, 3.63) is 42.1 Å². The van der Waals surface area contributed by atoms with Crippen LogP contribution in [0.1, 0.15) is 18.9 Å². The molecule has 0 saturated carbocycles. The number of pyridine rings is 1. The van der Waals surface area contributed by atoms with Crippen LogP contribution in [0, 0.1) is 6.92 Å². The first-order valence-electron chi connectivity index (χ1n) is 7.85. The summed E-state index contributed by atoms with van der Waals surface area (Å²) in [5, 5.41) is 0. The maximum absolute atomic E-state index is 6.19. The highest BCUT2D eigenvalue weighted by Crippen LogP contribution is 2.27. The van der Waals surface area contributed by atoms with Crippen molar-refractivity contribution in [2.24, 2.45) is 5.73 Å². The molecule has 0 spiro atoms. The normalized spacial score (nSPS) is 12.5. The van der Waals surface area contributed by atoms with Gasteiger partial charge in [0.05, 0.1) is 7.11 Å². The molecule has 1 unspecified atom stereocenters. The van der Waals surface area contributed by atoms with Crippen molar-refractivity contribution in [1.82, 2.24) is 14.5 Å². The van der Waals surface area contributed by atoms with Gasteiger partial charge in [0.15, 0.2) is 5.65 Å². The lowest BCUT2D eigenvalue weighted by Crippen LogP contribution is -2.25. The third-order valence-electron chi connectivity index (χ3n) is 3.99. The third-order valence-corrected chi connectivity index (χ3v) is 3.99. The lowest BCUT2D eigenvalue weighted by molar-refractivity contribution is 0.415. The number of methoxy groups -OCH3 is 1. The van der Waals surface area contributed by atoms with Gasteiger partial charge < -0.3 is 15.0 Å². The number of benzene rings is 1. The summed E-state index contributed by atoms with van der Waals surface area (Å²) in [4.78, 5) is 9.37. The molecule has 0 fully saturated rings. The highest BCUT2D eigenvalue weighted by Gasteiger charge is 2.16. The SMILES string of the molecule is CCC(N)Cn1c(-c2cccc(OC)c2)nc2cc(C)cnc21. The molecule has 1 atom stereocenters. The Morgan fingerprint density at radius 1 is 1.30 bits per heavy atom. The second-order valence-electron chi connectivity index (χ2n) is 5.80. The molecule has 0 amide bonds. The van der Waals surface area contributed by atoms with E-state index in [2.05, 4.69) is 22.5 Å². The average molecular weight is 310 g/mol. The van der Waals surface area contributed by atoms with E-state index in [0.717, 1.165) is 40.3 Å². The first-order valence-corrected chi connectivity index (χ1v) is 7.85. The molecule has 0 bridgehead atoms. The molecule has 0 aliphatic heterocycles. The zero-order chi connectivity index (χ0) is 16.4. The Labute approximate surface area is 136 Å². The summed E-state index contributed by atoms with van der Waals surface area (Å²) in [6.45, 7) is 4.80. The van der Waals surface area contributed by atoms with E-state index in [0.29, 0.717) is 6.54 Å². The fourth-order valence-electron chi connectivity index (χ4n) is 2.63. The number of fused-ring (bicyclic) bond motifs is 1. The van der Waals surface area contributed by atoms with E-state index in [-0.39, 0.29) is 6.04 Å². The Bertz CT molecular complexity index is 825. The first kappa shape index (κ1) is 15.5. The minimum absolute atomic E-state index is 0.0693. The number of hydrogen-bond acceptors (Lipinski definition) is 4. The Hall–Kier alpha value is -2.40. The average Bonchev–Trinajstić information content (AvgIpc) is 2.92. The molecule has 0 saturated heterocycles. The molecule has 5 nitrogen and oxygen atoms in total. The maximum Gasteiger partial charge on any atom is 0.160 e. The van der Waals surface area contributed by atoms with Crippen molar-refractivity contribution in [2.45, 2.75) is 32.9 Å². The van der Waals surface area contributed by atoms with Gasteiger partial charge in [-0.25, -0.2) is 9.97 Å². The summed E-state index contributed by atoms with van der Waals surface area (Å²) >= 11 is 0. The van der Waals surface area contributed by atoms with Crippen LogP contribution in [0.3, 0.4) is 0 Å². The van der Waals surface area contributed by atoms with Crippen molar-refractivity contribution < 1.29 is 4.74 Å². The summed E-state index contributed by atoms with van der Waals surface area (Å²) < 4.78 is 7.44. The lowest BCUT2D eigenvalue weighted by atomic mass is 10.2. The molecular weight excluding hydrogens is 288 g/mol. The van der Waals surface area contributed by atoms with Gasteiger partial charge >= 0.3 is 0 Å². The van der Waals surface area contributed by atoms with E-state index < -0.39 is 0 Å². The summed E-state index contributed by atoms with van der Waals surface area (Å²) in [5.74, 6) is 1.69. The maximum atomic E-state index is 6.19. The number of ether oxygens (including phenoxy) is 1. The predicted molar refractivity (Wildman–Crippen MR) is 92.5 cm³/mol. The Morgan fingerprint density at radius 3 is 2.87 bits per heavy atom. The van der Waals surface area contributed by atoms with Gasteiger partial charge in [-0.05, 0) is 37.1 Å². The van der Waals surface area contributed by atoms with E-state index in [9.17, 15) is 0 Å². The molecule has 5 heteroatoms. The molecule has 3 aromatic rings. The third kappa shape index (κ3) is 3.05. The van der Waals surface area contributed by atoms with Crippen molar-refractivity contribution >= 4 is 11.2 Å². The predicted octanol–water partition coefficient (Wildman–Crippen LogP) is 3.15. The van der Waals surface area contributed by atoms with Gasteiger partial charge in [0.1, 0.15) is 17.1 Å². The van der Waals surface area contributed by atoms with Crippen molar-refractivity contribution in [3.63, 3.8) is 0 Å². The van der Waals surface area contributed by atoms with Crippen LogP contribution in [0.5, 0.6) is 5.75 Å². The van der Waals surface area contributed by atoms with Gasteiger partial charge in [-0.3, -0.25) is 0 Å². The van der Waals surface area contributed by atoms with Crippen LogP contribution in [0.2, 0.25) is 0 Å². The van der Waals surface area contributed by atoms with Gasteiger partial charge in [-0.2, -0.15) is 0 Å². The molecule has 1 aromatic carbocycles. The number of nitrogens with two attached hydrogens (primary N) is 1. The van der Waals surface area contributed by atoms with Crippen LogP contribution in [0.25, 0.3) is 22.6 Å². The Balaban J connectivity index is 2.19. The van der Waals surface area contributed by atoms with Crippen LogP contribution in [-0.2, 0) is 6.54 Å². The first-order chi connectivity index (χ1) is 11.1. The highest BCUT2D eigenvalue weighted by atomic mass is 16.5. The number of imidazole rings is 1. The van der Waals surface area contributed by atoms with Gasteiger partial charge in [0, 0.05) is 24.3 Å². The van der Waals surface area contributed by atoms with E-state index in [1.54, 1.807) is 7.11 Å². The van der Waals surface area contributed by atoms with Crippen molar-refractivity contribution in [3.8, 4) is 17.1 Å². The van der Waals surface area contributed by atoms with Crippen LogP contribution in [0.4, 0.5) is 0 Å². The molecule has 2 N–H and O–H groups in total. The minimum atomic E-state index is 0.0693. The zero-order valence-electron chi connectivity index (χ0n) is 13.8. The van der Waals surface area contributed by atoms with Gasteiger partial charge in [-0.1, -0.05) is 19.1 Å². The number of hydrogen-bond donors (Lipinski definition) is 1. The lowest BCUT2D eigenvalue weighted by Gasteiger charge is -2.13. The van der Waals surface area contributed by atoms with Crippen LogP contribution in [-0.4, -0.2) is 27.7 Å². The Morgan fingerprint density at radius 2 is 2.13 bits per heavy atom. The molecule has 2 heterocycles. The zero-order valence-corrected chi connectivity index (χ0v) is 13.8. The number of nitrogens with zero attached hydrogens (tertiary/aromatic N) is 3.